The zero-order chi connectivity index (χ0) is 18.1. The van der Waals surface area contributed by atoms with Crippen LogP contribution >= 0.6 is 0 Å². The van der Waals surface area contributed by atoms with Gasteiger partial charge in [0.2, 0.25) is 5.91 Å². The van der Waals surface area contributed by atoms with E-state index in [9.17, 15) is 4.79 Å². The smallest absolute Gasteiger partial charge is 0.230 e. The Bertz CT molecular complexity index is 938. The summed E-state index contributed by atoms with van der Waals surface area (Å²) in [5.41, 5.74) is 6.72. The number of aryl methyl sites for hydroxylation is 3. The van der Waals surface area contributed by atoms with Gasteiger partial charge in [-0.15, -0.1) is 0 Å². The molecule has 0 saturated heterocycles. The predicted molar refractivity (Wildman–Crippen MR) is 101 cm³/mol. The van der Waals surface area contributed by atoms with Crippen LogP contribution in [0.4, 0.5) is 5.69 Å². The molecule has 1 aromatic heterocycles. The third kappa shape index (κ3) is 3.43. The summed E-state index contributed by atoms with van der Waals surface area (Å²) in [5.74, 6) is 0.263. The van der Waals surface area contributed by atoms with Crippen molar-refractivity contribution in [3.05, 3.63) is 58.3 Å². The van der Waals surface area contributed by atoms with E-state index in [1.165, 1.54) is 0 Å². The van der Waals surface area contributed by atoms with E-state index in [1.54, 1.807) is 0 Å². The molecule has 0 aliphatic heterocycles. The summed E-state index contributed by atoms with van der Waals surface area (Å²) in [5, 5.41) is 8.11. The first-order valence-corrected chi connectivity index (χ1v) is 8.61. The number of nitrogens with one attached hydrogen (secondary N) is 1. The van der Waals surface area contributed by atoms with Gasteiger partial charge in [0, 0.05) is 11.1 Å². The largest absolute Gasteiger partial charge is 0.356 e. The maximum atomic E-state index is 12.6. The van der Waals surface area contributed by atoms with Crippen LogP contribution in [-0.2, 0) is 11.2 Å². The molecule has 0 atom stereocenters. The molecule has 3 aromatic rings. The molecule has 0 unspecified atom stereocenters. The first kappa shape index (κ1) is 17.2. The number of nitrogens with zero attached hydrogens (tertiary/aromatic N) is 1. The SMILES string of the molecule is Cc1cc(C)c2onc(CC(=O)Nc3c(C)cccc3C(C)C)c2c1. The molecule has 0 radical (unpaired) electrons. The maximum Gasteiger partial charge on any atom is 0.230 e. The second-order valence-corrected chi connectivity index (χ2v) is 7.01. The highest BCUT2D eigenvalue weighted by atomic mass is 16.5. The number of carbonyl (C=O) groups excluding carboxylic acids is 1. The summed E-state index contributed by atoms with van der Waals surface area (Å²) in [4.78, 5) is 12.6. The Kier molecular flexibility index (Phi) is 4.62. The fourth-order valence-corrected chi connectivity index (χ4v) is 3.25. The molecule has 1 heterocycles. The number of para-hydroxylation sites is 1. The Morgan fingerprint density at radius 1 is 1.16 bits per heavy atom. The maximum absolute atomic E-state index is 12.6. The van der Waals surface area contributed by atoms with Gasteiger partial charge in [-0.1, -0.05) is 43.3 Å². The minimum Gasteiger partial charge on any atom is -0.356 e. The summed E-state index contributed by atoms with van der Waals surface area (Å²) in [6, 6.07) is 10.2. The number of carbonyl (C=O) groups is 1. The number of benzene rings is 2. The third-order valence-electron chi connectivity index (χ3n) is 4.50. The van der Waals surface area contributed by atoms with Gasteiger partial charge in [0.1, 0.15) is 5.69 Å². The third-order valence-corrected chi connectivity index (χ3v) is 4.50. The Balaban J connectivity index is 1.87. The predicted octanol–water partition coefficient (Wildman–Crippen LogP) is 5.06. The molecule has 4 heteroatoms. The van der Waals surface area contributed by atoms with Crippen LogP contribution in [0, 0.1) is 20.8 Å². The molecule has 0 aliphatic rings. The van der Waals surface area contributed by atoms with Gasteiger partial charge in [-0.05, 0) is 55.0 Å². The van der Waals surface area contributed by atoms with Crippen molar-refractivity contribution in [1.82, 2.24) is 5.16 Å². The number of hydrogen-bond donors (Lipinski definition) is 1. The lowest BCUT2D eigenvalue weighted by Crippen LogP contribution is -2.17. The van der Waals surface area contributed by atoms with Gasteiger partial charge in [-0.2, -0.15) is 0 Å². The van der Waals surface area contributed by atoms with E-state index in [1.807, 2.05) is 39.0 Å². The number of fused-ring (bicyclic) bond motifs is 1. The molecule has 2 aromatic carbocycles. The van der Waals surface area contributed by atoms with Crippen molar-refractivity contribution in [1.29, 1.82) is 0 Å². The molecule has 4 nitrogen and oxygen atoms in total. The number of hydrogen-bond acceptors (Lipinski definition) is 3. The Labute approximate surface area is 148 Å². The summed E-state index contributed by atoms with van der Waals surface area (Å²) in [6.45, 7) is 10.3. The number of rotatable bonds is 4. The molecule has 0 saturated carbocycles. The second kappa shape index (κ2) is 6.71. The van der Waals surface area contributed by atoms with Crippen LogP contribution < -0.4 is 5.32 Å². The average Bonchev–Trinajstić information content (AvgIpc) is 2.92. The highest BCUT2D eigenvalue weighted by Crippen LogP contribution is 2.28. The van der Waals surface area contributed by atoms with E-state index >= 15 is 0 Å². The molecule has 0 aliphatic carbocycles. The first-order valence-electron chi connectivity index (χ1n) is 8.61. The van der Waals surface area contributed by atoms with E-state index in [-0.39, 0.29) is 12.3 Å². The number of anilines is 1. The van der Waals surface area contributed by atoms with Gasteiger partial charge in [0.25, 0.3) is 0 Å². The van der Waals surface area contributed by atoms with E-state index < -0.39 is 0 Å². The summed E-state index contributed by atoms with van der Waals surface area (Å²) >= 11 is 0. The van der Waals surface area contributed by atoms with Crippen molar-refractivity contribution in [3.8, 4) is 0 Å². The summed E-state index contributed by atoms with van der Waals surface area (Å²) < 4.78 is 5.44. The topological polar surface area (TPSA) is 55.1 Å². The zero-order valence-electron chi connectivity index (χ0n) is 15.4. The van der Waals surface area contributed by atoms with Gasteiger partial charge in [-0.3, -0.25) is 4.79 Å². The second-order valence-electron chi connectivity index (χ2n) is 7.01. The van der Waals surface area contributed by atoms with Crippen molar-refractivity contribution < 1.29 is 9.32 Å². The molecule has 0 fully saturated rings. The highest BCUT2D eigenvalue weighted by molar-refractivity contribution is 5.96. The molecule has 1 N–H and O–H groups in total. The Hall–Kier alpha value is -2.62. The molecular weight excluding hydrogens is 312 g/mol. The number of amides is 1. The fourth-order valence-electron chi connectivity index (χ4n) is 3.25. The highest BCUT2D eigenvalue weighted by Gasteiger charge is 2.17. The fraction of sp³-hybridized carbons (Fsp3) is 0.333. The van der Waals surface area contributed by atoms with Gasteiger partial charge in [0.15, 0.2) is 5.58 Å². The van der Waals surface area contributed by atoms with E-state index in [2.05, 4.69) is 36.5 Å². The Morgan fingerprint density at radius 2 is 1.92 bits per heavy atom. The van der Waals surface area contributed by atoms with Crippen molar-refractivity contribution in [2.24, 2.45) is 0 Å². The van der Waals surface area contributed by atoms with E-state index in [0.717, 1.165) is 38.9 Å². The first-order chi connectivity index (χ1) is 11.9. The molecule has 130 valence electrons. The lowest BCUT2D eigenvalue weighted by Gasteiger charge is -2.16. The molecule has 0 bridgehead atoms. The monoisotopic (exact) mass is 336 g/mol. The molecule has 3 rings (SSSR count). The standard InChI is InChI=1S/C21H24N2O2/c1-12(2)16-8-6-7-14(4)20(16)22-19(24)11-18-17-10-13(3)9-15(5)21(17)25-23-18/h6-10,12H,11H2,1-5H3,(H,22,24). The van der Waals surface area contributed by atoms with Crippen LogP contribution in [0.5, 0.6) is 0 Å². The van der Waals surface area contributed by atoms with Crippen LogP contribution in [-0.4, -0.2) is 11.1 Å². The normalized spacial score (nSPS) is 11.3. The minimum atomic E-state index is -0.0782. The molecular formula is C21H24N2O2. The lowest BCUT2D eigenvalue weighted by molar-refractivity contribution is -0.115. The quantitative estimate of drug-likeness (QED) is 0.724. The summed E-state index contributed by atoms with van der Waals surface area (Å²) in [6.07, 6.45) is 0.196. The van der Waals surface area contributed by atoms with Crippen molar-refractivity contribution in [2.75, 3.05) is 5.32 Å². The molecule has 25 heavy (non-hydrogen) atoms. The molecule has 1 amide bonds. The number of aromatic nitrogens is 1. The average molecular weight is 336 g/mol. The van der Waals surface area contributed by atoms with Crippen LogP contribution in [0.25, 0.3) is 11.0 Å². The van der Waals surface area contributed by atoms with Crippen molar-refractivity contribution >= 4 is 22.6 Å². The van der Waals surface area contributed by atoms with Crippen molar-refractivity contribution in [3.63, 3.8) is 0 Å². The Morgan fingerprint density at radius 3 is 2.64 bits per heavy atom. The van der Waals surface area contributed by atoms with Gasteiger partial charge >= 0.3 is 0 Å². The van der Waals surface area contributed by atoms with Gasteiger partial charge < -0.3 is 9.84 Å². The van der Waals surface area contributed by atoms with E-state index in [0.29, 0.717) is 11.6 Å². The van der Waals surface area contributed by atoms with Crippen LogP contribution in [0.15, 0.2) is 34.9 Å². The molecule has 0 spiro atoms. The van der Waals surface area contributed by atoms with E-state index in [4.69, 9.17) is 4.52 Å². The van der Waals surface area contributed by atoms with Gasteiger partial charge in [-0.25, -0.2) is 0 Å². The summed E-state index contributed by atoms with van der Waals surface area (Å²) in [7, 11) is 0. The van der Waals surface area contributed by atoms with Crippen molar-refractivity contribution in [2.45, 2.75) is 47.0 Å². The van der Waals surface area contributed by atoms with Crippen LogP contribution in [0.1, 0.15) is 47.7 Å². The minimum absolute atomic E-state index is 0.0782. The van der Waals surface area contributed by atoms with Crippen LogP contribution in [0.2, 0.25) is 0 Å². The van der Waals surface area contributed by atoms with Crippen LogP contribution in [0.3, 0.4) is 0 Å². The lowest BCUT2D eigenvalue weighted by atomic mass is 9.98. The zero-order valence-corrected chi connectivity index (χ0v) is 15.4. The van der Waals surface area contributed by atoms with Gasteiger partial charge in [0.05, 0.1) is 6.42 Å².